The second-order valence-electron chi connectivity index (χ2n) is 6.42. The normalized spacial score (nSPS) is 17.3. The van der Waals surface area contributed by atoms with Crippen LogP contribution in [0.3, 0.4) is 0 Å². The molecular formula is C18H25FN4O. The zero-order valence-corrected chi connectivity index (χ0v) is 14.8. The fourth-order valence-corrected chi connectivity index (χ4v) is 3.67. The van der Waals surface area contributed by atoms with E-state index in [9.17, 15) is 4.39 Å². The Balaban J connectivity index is 1.81. The van der Waals surface area contributed by atoms with Crippen molar-refractivity contribution in [1.82, 2.24) is 14.7 Å². The number of benzene rings is 1. The maximum atomic E-state index is 14.4. The van der Waals surface area contributed by atoms with Crippen molar-refractivity contribution in [3.63, 3.8) is 0 Å². The number of rotatable bonds is 5. The predicted octanol–water partition coefficient (Wildman–Crippen LogP) is 2.24. The number of halogens is 1. The van der Waals surface area contributed by atoms with Crippen molar-refractivity contribution in [1.29, 1.82) is 0 Å². The molecule has 3 rings (SSSR count). The molecular weight excluding hydrogens is 307 g/mol. The predicted molar refractivity (Wildman–Crippen MR) is 91.5 cm³/mol. The van der Waals surface area contributed by atoms with Crippen LogP contribution in [-0.4, -0.2) is 34.9 Å². The minimum Gasteiger partial charge on any atom is -0.497 e. The lowest BCUT2D eigenvalue weighted by atomic mass is 10.0. The average Bonchev–Trinajstić information content (AvgIpc) is 3.03. The first-order valence-electron chi connectivity index (χ1n) is 8.25. The molecule has 130 valence electrons. The standard InChI is InChI=1S/C18H25FN4O/c1-11-14(12(2)22(3)21-11)5-6-23-10-16-15(18(23)9-20)7-13(24-4)8-17(16)19/h7-8,18H,5-6,9-10,20H2,1-4H3. The van der Waals surface area contributed by atoms with E-state index in [1.807, 2.05) is 24.7 Å². The molecule has 0 radical (unpaired) electrons. The van der Waals surface area contributed by atoms with Gasteiger partial charge in [-0.3, -0.25) is 9.58 Å². The molecule has 2 aromatic rings. The van der Waals surface area contributed by atoms with E-state index in [4.69, 9.17) is 10.5 Å². The summed E-state index contributed by atoms with van der Waals surface area (Å²) in [6, 6.07) is 3.39. The number of hydrogen-bond donors (Lipinski definition) is 1. The Labute approximate surface area is 142 Å². The summed E-state index contributed by atoms with van der Waals surface area (Å²) in [4.78, 5) is 2.25. The first-order chi connectivity index (χ1) is 11.5. The van der Waals surface area contributed by atoms with Gasteiger partial charge in [-0.1, -0.05) is 0 Å². The van der Waals surface area contributed by atoms with Gasteiger partial charge >= 0.3 is 0 Å². The molecule has 0 spiro atoms. The third kappa shape index (κ3) is 2.80. The Morgan fingerprint density at radius 1 is 1.38 bits per heavy atom. The number of fused-ring (bicyclic) bond motifs is 1. The average molecular weight is 332 g/mol. The first kappa shape index (κ1) is 16.9. The lowest BCUT2D eigenvalue weighted by molar-refractivity contribution is 0.221. The molecule has 0 saturated heterocycles. The molecule has 1 aromatic heterocycles. The van der Waals surface area contributed by atoms with Crippen LogP contribution in [-0.2, 0) is 20.0 Å². The van der Waals surface area contributed by atoms with Gasteiger partial charge in [0.2, 0.25) is 0 Å². The molecule has 1 aromatic carbocycles. The van der Waals surface area contributed by atoms with E-state index < -0.39 is 0 Å². The lowest BCUT2D eigenvalue weighted by Crippen LogP contribution is -2.30. The summed E-state index contributed by atoms with van der Waals surface area (Å²) >= 11 is 0. The zero-order chi connectivity index (χ0) is 17.4. The van der Waals surface area contributed by atoms with Gasteiger partial charge in [-0.05, 0) is 37.5 Å². The van der Waals surface area contributed by atoms with Gasteiger partial charge in [-0.25, -0.2) is 4.39 Å². The summed E-state index contributed by atoms with van der Waals surface area (Å²) in [5.74, 6) is 0.338. The minimum atomic E-state index is -0.209. The highest BCUT2D eigenvalue weighted by Gasteiger charge is 2.32. The van der Waals surface area contributed by atoms with Gasteiger partial charge in [0.25, 0.3) is 0 Å². The second kappa shape index (κ2) is 6.53. The molecule has 1 atom stereocenters. The van der Waals surface area contributed by atoms with E-state index in [1.54, 1.807) is 7.11 Å². The molecule has 1 unspecified atom stereocenters. The smallest absolute Gasteiger partial charge is 0.131 e. The van der Waals surface area contributed by atoms with Crippen molar-refractivity contribution in [2.45, 2.75) is 32.9 Å². The molecule has 2 heterocycles. The van der Waals surface area contributed by atoms with Gasteiger partial charge < -0.3 is 10.5 Å². The van der Waals surface area contributed by atoms with Gasteiger partial charge in [0.05, 0.1) is 12.8 Å². The topological polar surface area (TPSA) is 56.3 Å². The molecule has 5 nitrogen and oxygen atoms in total. The zero-order valence-electron chi connectivity index (χ0n) is 14.8. The molecule has 0 fully saturated rings. The minimum absolute atomic E-state index is 0.0295. The van der Waals surface area contributed by atoms with Crippen LogP contribution in [0.25, 0.3) is 0 Å². The van der Waals surface area contributed by atoms with Crippen LogP contribution in [0.15, 0.2) is 12.1 Å². The maximum Gasteiger partial charge on any atom is 0.131 e. The van der Waals surface area contributed by atoms with E-state index in [0.29, 0.717) is 18.8 Å². The Morgan fingerprint density at radius 3 is 2.71 bits per heavy atom. The first-order valence-corrected chi connectivity index (χ1v) is 8.25. The molecule has 0 aliphatic carbocycles. The Bertz CT molecular complexity index is 756. The second-order valence-corrected chi connectivity index (χ2v) is 6.42. The molecule has 0 saturated carbocycles. The van der Waals surface area contributed by atoms with Gasteiger partial charge in [0, 0.05) is 50.0 Å². The largest absolute Gasteiger partial charge is 0.497 e. The molecule has 1 aliphatic heterocycles. The number of nitrogens with zero attached hydrogens (tertiary/aromatic N) is 3. The number of hydrogen-bond acceptors (Lipinski definition) is 4. The summed E-state index contributed by atoms with van der Waals surface area (Å²) in [5.41, 5.74) is 11.2. The lowest BCUT2D eigenvalue weighted by Gasteiger charge is -2.23. The van der Waals surface area contributed by atoms with E-state index in [0.717, 1.165) is 29.8 Å². The van der Waals surface area contributed by atoms with E-state index in [1.165, 1.54) is 17.3 Å². The van der Waals surface area contributed by atoms with Gasteiger partial charge in [0.15, 0.2) is 0 Å². The molecule has 0 bridgehead atoms. The fourth-order valence-electron chi connectivity index (χ4n) is 3.67. The third-order valence-electron chi connectivity index (χ3n) is 5.13. The van der Waals surface area contributed by atoms with Crippen molar-refractivity contribution in [3.8, 4) is 5.75 Å². The van der Waals surface area contributed by atoms with Crippen LogP contribution in [0.5, 0.6) is 5.75 Å². The van der Waals surface area contributed by atoms with Crippen molar-refractivity contribution < 1.29 is 9.13 Å². The molecule has 24 heavy (non-hydrogen) atoms. The van der Waals surface area contributed by atoms with Crippen molar-refractivity contribution in [2.24, 2.45) is 12.8 Å². The number of aryl methyl sites for hydroxylation is 2. The number of aromatic nitrogens is 2. The molecule has 0 amide bonds. The summed E-state index contributed by atoms with van der Waals surface area (Å²) < 4.78 is 21.5. The van der Waals surface area contributed by atoms with E-state index in [2.05, 4.69) is 16.9 Å². The van der Waals surface area contributed by atoms with Crippen molar-refractivity contribution >= 4 is 0 Å². The Morgan fingerprint density at radius 2 is 2.12 bits per heavy atom. The summed E-state index contributed by atoms with van der Waals surface area (Å²) in [7, 11) is 3.52. The van der Waals surface area contributed by atoms with Crippen LogP contribution in [0.2, 0.25) is 0 Å². The van der Waals surface area contributed by atoms with Crippen LogP contribution in [0.1, 0.15) is 34.1 Å². The SMILES string of the molecule is COc1cc(F)c2c(c1)C(CN)N(CCc1c(C)nn(C)c1C)C2. The van der Waals surface area contributed by atoms with Gasteiger partial charge in [-0.2, -0.15) is 5.10 Å². The highest BCUT2D eigenvalue weighted by atomic mass is 19.1. The fraction of sp³-hybridized carbons (Fsp3) is 0.500. The third-order valence-corrected chi connectivity index (χ3v) is 5.13. The van der Waals surface area contributed by atoms with Crippen LogP contribution >= 0.6 is 0 Å². The van der Waals surface area contributed by atoms with Gasteiger partial charge in [-0.15, -0.1) is 0 Å². The Hall–Kier alpha value is -1.92. The van der Waals surface area contributed by atoms with Crippen LogP contribution in [0.4, 0.5) is 4.39 Å². The van der Waals surface area contributed by atoms with E-state index >= 15 is 0 Å². The summed E-state index contributed by atoms with van der Waals surface area (Å²) in [5, 5.41) is 4.47. The maximum absolute atomic E-state index is 14.4. The van der Waals surface area contributed by atoms with E-state index in [-0.39, 0.29) is 11.9 Å². The number of ether oxygens (including phenoxy) is 1. The highest BCUT2D eigenvalue weighted by molar-refractivity contribution is 5.42. The molecule has 1 aliphatic rings. The summed E-state index contributed by atoms with van der Waals surface area (Å²) in [6.07, 6.45) is 0.884. The van der Waals surface area contributed by atoms with Crippen LogP contribution in [0, 0.1) is 19.7 Å². The Kier molecular flexibility index (Phi) is 4.60. The van der Waals surface area contributed by atoms with Crippen molar-refractivity contribution in [2.75, 3.05) is 20.2 Å². The van der Waals surface area contributed by atoms with Crippen LogP contribution < -0.4 is 10.5 Å². The molecule has 2 N–H and O–H groups in total. The number of nitrogens with two attached hydrogens (primary N) is 1. The molecule has 6 heteroatoms. The summed E-state index contributed by atoms with van der Waals surface area (Å²) in [6.45, 7) is 5.99. The monoisotopic (exact) mass is 332 g/mol. The number of methoxy groups -OCH3 is 1. The highest BCUT2D eigenvalue weighted by Crippen LogP contribution is 2.37. The quantitative estimate of drug-likeness (QED) is 0.912. The van der Waals surface area contributed by atoms with Gasteiger partial charge in [0.1, 0.15) is 11.6 Å². The van der Waals surface area contributed by atoms with Crippen molar-refractivity contribution in [3.05, 3.63) is 46.0 Å².